The van der Waals surface area contributed by atoms with Gasteiger partial charge in [-0.05, 0) is 6.07 Å². The molecule has 0 bridgehead atoms. The highest BCUT2D eigenvalue weighted by atomic mass is 32.2. The molecule has 0 saturated carbocycles. The fourth-order valence-electron chi connectivity index (χ4n) is 2.50. The zero-order chi connectivity index (χ0) is 21.5. The number of nitrogens with zero attached hydrogens (tertiary/aromatic N) is 4. The Hall–Kier alpha value is -3.12. The highest BCUT2D eigenvalue weighted by Crippen LogP contribution is 2.21. The van der Waals surface area contributed by atoms with Crippen molar-refractivity contribution in [1.82, 2.24) is 15.0 Å². The Kier molecular flexibility index (Phi) is 7.25. The van der Waals surface area contributed by atoms with E-state index in [1.54, 1.807) is 24.8 Å². The lowest BCUT2D eigenvalue weighted by molar-refractivity contribution is -0.612. The molecule has 0 aliphatic heterocycles. The van der Waals surface area contributed by atoms with E-state index >= 15 is 0 Å². The number of thiazole rings is 1. The Labute approximate surface area is 181 Å². The van der Waals surface area contributed by atoms with Crippen LogP contribution in [0.4, 0.5) is 11.1 Å². The largest absolute Gasteiger partial charge is 0.619 e. The van der Waals surface area contributed by atoms with Crippen LogP contribution in [0.3, 0.4) is 0 Å². The molecule has 0 spiro atoms. The van der Waals surface area contributed by atoms with Crippen LogP contribution in [0, 0.1) is 12.1 Å². The van der Waals surface area contributed by atoms with Crippen LogP contribution >= 0.6 is 23.1 Å². The van der Waals surface area contributed by atoms with Gasteiger partial charge in [0.25, 0.3) is 5.56 Å². The summed E-state index contributed by atoms with van der Waals surface area (Å²) in [4.78, 5) is 27.5. The number of aliphatic imine (C=N–C) groups is 1. The number of aryl methyl sites for hydroxylation is 1. The lowest BCUT2D eigenvalue weighted by Crippen LogP contribution is -2.30. The van der Waals surface area contributed by atoms with Crippen molar-refractivity contribution < 1.29 is 4.73 Å². The molecular formula is C18H22N8O2S2. The number of aromatic nitrogens is 4. The average Bonchev–Trinajstić information content (AvgIpc) is 3.13. The van der Waals surface area contributed by atoms with E-state index in [4.69, 9.17) is 11.5 Å². The molecule has 6 N–H and O–H groups in total. The third-order valence-electron chi connectivity index (χ3n) is 3.99. The molecule has 30 heavy (non-hydrogen) atoms. The average molecular weight is 447 g/mol. The summed E-state index contributed by atoms with van der Waals surface area (Å²) in [6.45, 7) is 2.36. The van der Waals surface area contributed by atoms with Crippen molar-refractivity contribution in [3.05, 3.63) is 68.0 Å². The van der Waals surface area contributed by atoms with E-state index < -0.39 is 0 Å². The maximum Gasteiger partial charge on any atom is 0.255 e. The van der Waals surface area contributed by atoms with Crippen molar-refractivity contribution in [2.45, 2.75) is 19.1 Å². The van der Waals surface area contributed by atoms with Crippen molar-refractivity contribution >= 4 is 40.1 Å². The SMILES string of the molecule is Cc1ccc(Cc2cnc(NCCSCc3csc(N=C(N)N)n3)[nH]c2=O)c[n+]1[O-]. The minimum Gasteiger partial charge on any atom is -0.619 e. The molecule has 3 rings (SSSR count). The number of thioether (sulfide) groups is 1. The smallest absolute Gasteiger partial charge is 0.255 e. The number of pyridine rings is 1. The van der Waals surface area contributed by atoms with Crippen LogP contribution in [0.25, 0.3) is 0 Å². The highest BCUT2D eigenvalue weighted by Gasteiger charge is 2.08. The molecule has 0 fully saturated rings. The molecule has 0 radical (unpaired) electrons. The molecule has 0 unspecified atom stereocenters. The number of anilines is 1. The molecule has 3 aromatic heterocycles. The van der Waals surface area contributed by atoms with E-state index in [-0.39, 0.29) is 11.5 Å². The molecule has 3 heterocycles. The minimum atomic E-state index is -0.229. The fraction of sp³-hybridized carbons (Fsp3) is 0.278. The lowest BCUT2D eigenvalue weighted by Gasteiger charge is -2.07. The molecule has 158 valence electrons. The van der Waals surface area contributed by atoms with Crippen molar-refractivity contribution in [1.29, 1.82) is 0 Å². The standard InChI is InChI=1S/C18H22N8O2S2/c1-11-2-3-12(8-26(11)28)6-13-7-22-17(24-15(13)27)21-4-5-29-9-14-10-30-18(23-14)25-16(19)20/h2-3,7-8,10H,4-6,9H2,1H3,(H4,19,20,23,25)(H2,21,22,24,27). The van der Waals surface area contributed by atoms with Crippen LogP contribution in [0.1, 0.15) is 22.5 Å². The number of aromatic amines is 1. The predicted molar refractivity (Wildman–Crippen MR) is 120 cm³/mol. The van der Waals surface area contributed by atoms with Crippen LogP contribution < -0.4 is 27.1 Å². The van der Waals surface area contributed by atoms with Crippen molar-refractivity contribution in [2.75, 3.05) is 17.6 Å². The molecular weight excluding hydrogens is 424 g/mol. The quantitative estimate of drug-likeness (QED) is 0.124. The van der Waals surface area contributed by atoms with Crippen LogP contribution in [-0.2, 0) is 12.2 Å². The monoisotopic (exact) mass is 446 g/mol. The molecule has 10 nitrogen and oxygen atoms in total. The summed E-state index contributed by atoms with van der Waals surface area (Å²) in [5.74, 6) is 1.94. The topological polar surface area (TPSA) is 162 Å². The van der Waals surface area contributed by atoms with E-state index in [1.165, 1.54) is 23.7 Å². The molecule has 0 aliphatic carbocycles. The van der Waals surface area contributed by atoms with Gasteiger partial charge in [0.2, 0.25) is 11.1 Å². The number of nitrogens with two attached hydrogens (primary N) is 2. The van der Waals surface area contributed by atoms with E-state index in [9.17, 15) is 10.0 Å². The van der Waals surface area contributed by atoms with Gasteiger partial charge in [0.15, 0.2) is 17.9 Å². The number of nitrogens with one attached hydrogen (secondary N) is 2. The first-order valence-corrected chi connectivity index (χ1v) is 11.1. The summed E-state index contributed by atoms with van der Waals surface area (Å²) < 4.78 is 0.790. The van der Waals surface area contributed by atoms with Gasteiger partial charge in [-0.3, -0.25) is 9.78 Å². The molecule has 0 atom stereocenters. The van der Waals surface area contributed by atoms with E-state index in [2.05, 4.69) is 25.3 Å². The van der Waals surface area contributed by atoms with E-state index in [0.29, 0.717) is 35.3 Å². The van der Waals surface area contributed by atoms with Gasteiger partial charge in [0, 0.05) is 60.2 Å². The van der Waals surface area contributed by atoms with Gasteiger partial charge < -0.3 is 22.0 Å². The molecule has 0 aliphatic rings. The normalized spacial score (nSPS) is 10.7. The Bertz CT molecular complexity index is 1090. The molecule has 3 aromatic rings. The predicted octanol–water partition coefficient (Wildman–Crippen LogP) is 1.01. The first-order valence-electron chi connectivity index (χ1n) is 9.03. The summed E-state index contributed by atoms with van der Waals surface area (Å²) in [5, 5.41) is 17.2. The maximum absolute atomic E-state index is 12.3. The van der Waals surface area contributed by atoms with Gasteiger partial charge in [-0.25, -0.2) is 9.97 Å². The van der Waals surface area contributed by atoms with Crippen LogP contribution in [0.5, 0.6) is 0 Å². The number of hydrogen-bond acceptors (Lipinski definition) is 8. The van der Waals surface area contributed by atoms with Gasteiger partial charge in [-0.1, -0.05) is 0 Å². The second-order valence-corrected chi connectivity index (χ2v) is 8.35. The molecule has 0 aromatic carbocycles. The molecule has 0 amide bonds. The summed E-state index contributed by atoms with van der Waals surface area (Å²) in [5.41, 5.74) is 13.2. The molecule has 0 saturated heterocycles. The van der Waals surface area contributed by atoms with Crippen LogP contribution in [0.15, 0.2) is 39.7 Å². The molecule has 12 heteroatoms. The first kappa shape index (κ1) is 21.6. The third-order valence-corrected chi connectivity index (χ3v) is 5.77. The van der Waals surface area contributed by atoms with Gasteiger partial charge in [-0.15, -0.1) is 11.3 Å². The second-order valence-electron chi connectivity index (χ2n) is 6.40. The van der Waals surface area contributed by atoms with Gasteiger partial charge in [0.05, 0.1) is 5.69 Å². The Morgan fingerprint density at radius 3 is 3.00 bits per heavy atom. The van der Waals surface area contributed by atoms with Crippen molar-refractivity contribution in [2.24, 2.45) is 16.5 Å². The number of guanidine groups is 1. The first-order chi connectivity index (χ1) is 14.4. The Morgan fingerprint density at radius 1 is 1.43 bits per heavy atom. The summed E-state index contributed by atoms with van der Waals surface area (Å²) in [6, 6.07) is 3.56. The minimum absolute atomic E-state index is 0.00632. The highest BCUT2D eigenvalue weighted by molar-refractivity contribution is 7.98. The van der Waals surface area contributed by atoms with E-state index in [0.717, 1.165) is 27.5 Å². The second kappa shape index (κ2) is 10.1. The Balaban J connectivity index is 1.45. The summed E-state index contributed by atoms with van der Waals surface area (Å²) >= 11 is 3.08. The van der Waals surface area contributed by atoms with Crippen molar-refractivity contribution in [3.63, 3.8) is 0 Å². The third kappa shape index (κ3) is 6.19. The number of H-pyrrole nitrogens is 1. The van der Waals surface area contributed by atoms with E-state index in [1.807, 2.05) is 11.4 Å². The zero-order valence-corrected chi connectivity index (χ0v) is 17.9. The van der Waals surface area contributed by atoms with Gasteiger partial charge in [0.1, 0.15) is 0 Å². The summed E-state index contributed by atoms with van der Waals surface area (Å²) in [6.07, 6.45) is 3.35. The zero-order valence-electron chi connectivity index (χ0n) is 16.3. The lowest BCUT2D eigenvalue weighted by atomic mass is 10.1. The van der Waals surface area contributed by atoms with Crippen molar-refractivity contribution in [3.8, 4) is 0 Å². The number of hydrogen-bond donors (Lipinski definition) is 4. The fourth-order valence-corrected chi connectivity index (χ4v) is 4.06. The number of rotatable bonds is 9. The van der Waals surface area contributed by atoms with Crippen LogP contribution in [-0.4, -0.2) is 33.2 Å². The van der Waals surface area contributed by atoms with Gasteiger partial charge >= 0.3 is 0 Å². The van der Waals surface area contributed by atoms with Gasteiger partial charge in [-0.2, -0.15) is 21.5 Å². The maximum atomic E-state index is 12.3. The summed E-state index contributed by atoms with van der Waals surface area (Å²) in [7, 11) is 0. The van der Waals surface area contributed by atoms with Crippen LogP contribution in [0.2, 0.25) is 0 Å². The Morgan fingerprint density at radius 2 is 2.27 bits per heavy atom.